The first-order chi connectivity index (χ1) is 0. The number of hydrogen-bond acceptors (Lipinski definition) is 0. The fourth-order valence-electron chi connectivity index (χ4n) is 0. The Labute approximate surface area is 87.0 Å². The molecule has 4 heteroatoms. The van der Waals surface area contributed by atoms with Crippen molar-refractivity contribution in [2.75, 3.05) is 0 Å². The van der Waals surface area contributed by atoms with Gasteiger partial charge in [0.25, 0.3) is 0 Å². The Morgan fingerprint density at radius 1 is 0.750 bits per heavy atom. The Bertz CT molecular complexity index is 6.00. The van der Waals surface area contributed by atoms with E-state index < -0.39 is 0 Å². The van der Waals surface area contributed by atoms with Crippen molar-refractivity contribution in [3.8, 4) is 0 Å². The average Bonchev–Trinajstić information content (AvgIpc) is 0. The van der Waals surface area contributed by atoms with Gasteiger partial charge in [0.2, 0.25) is 0 Å². The van der Waals surface area contributed by atoms with Crippen molar-refractivity contribution in [3.63, 3.8) is 0 Å². The fraction of sp³-hybridized carbons (Fsp3) is 0. The van der Waals surface area contributed by atoms with Gasteiger partial charge in [-0.05, 0) is 0 Å². The van der Waals surface area contributed by atoms with E-state index in [2.05, 4.69) is 0 Å². The maximum atomic E-state index is 0. The van der Waals surface area contributed by atoms with Gasteiger partial charge in [0.05, 0.1) is 0 Å². The van der Waals surface area contributed by atoms with Gasteiger partial charge in [0, 0.05) is 17.1 Å². The fourth-order valence-corrected chi connectivity index (χ4v) is 0. The third-order valence-corrected chi connectivity index (χ3v) is 0. The molecule has 1 radical (unpaired) electrons. The molecular formula is H9CuGaIn2. The summed E-state index contributed by atoms with van der Waals surface area (Å²) in [4.78, 5) is 0. The Hall–Kier alpha value is 2.90. The first-order valence-corrected chi connectivity index (χ1v) is 0. The zero-order chi connectivity index (χ0) is 0. The average molecular weight is 372 g/mol. The van der Waals surface area contributed by atoms with Crippen molar-refractivity contribution < 1.29 is 17.1 Å². The van der Waals surface area contributed by atoms with Crippen molar-refractivity contribution >= 4 is 71.5 Å². The molecule has 0 fully saturated rings. The van der Waals surface area contributed by atoms with Gasteiger partial charge in [0.1, 0.15) is 0 Å². The molecular weight excluding hydrogens is 363 g/mol. The second-order valence-corrected chi connectivity index (χ2v) is 0. The molecule has 0 spiro atoms. The molecule has 0 rings (SSSR count). The second kappa shape index (κ2) is 16.9. The molecule has 0 saturated carbocycles. The summed E-state index contributed by atoms with van der Waals surface area (Å²) in [5.41, 5.74) is 0. The summed E-state index contributed by atoms with van der Waals surface area (Å²) in [5, 5.41) is 0. The van der Waals surface area contributed by atoms with E-state index in [-0.39, 0.29) is 88.5 Å². The monoisotopic (exact) mass is 371 g/mol. The Morgan fingerprint density at radius 3 is 0.750 bits per heavy atom. The molecule has 0 unspecified atom stereocenters. The minimum absolute atomic E-state index is 0. The minimum atomic E-state index is 0. The molecule has 0 aliphatic carbocycles. The van der Waals surface area contributed by atoms with Crippen LogP contribution in [0, 0.1) is 0 Å². The van der Waals surface area contributed by atoms with Crippen molar-refractivity contribution in [1.82, 2.24) is 0 Å². The normalized spacial score (nSPS) is 0. The van der Waals surface area contributed by atoms with E-state index in [1.807, 2.05) is 0 Å². The van der Waals surface area contributed by atoms with Gasteiger partial charge in [-0.1, -0.05) is 0 Å². The number of rotatable bonds is 0. The first kappa shape index (κ1) is 28.6. The van der Waals surface area contributed by atoms with Gasteiger partial charge in [0.15, 0.2) is 0 Å². The van der Waals surface area contributed by atoms with E-state index in [1.165, 1.54) is 0 Å². The summed E-state index contributed by atoms with van der Waals surface area (Å²) in [7, 11) is 0. The van der Waals surface area contributed by atoms with Crippen LogP contribution in [0.2, 0.25) is 0 Å². The molecule has 0 amide bonds. The summed E-state index contributed by atoms with van der Waals surface area (Å²) in [6, 6.07) is 0. The quantitative estimate of drug-likeness (QED) is 0.387. The summed E-state index contributed by atoms with van der Waals surface area (Å²) < 4.78 is 0. The molecule has 0 saturated heterocycles. The van der Waals surface area contributed by atoms with Crippen LogP contribution in [0.1, 0.15) is 0 Å². The molecule has 0 N–H and O–H groups in total. The summed E-state index contributed by atoms with van der Waals surface area (Å²) in [5.74, 6) is 0. The molecule has 0 aliphatic heterocycles. The Kier molecular flexibility index (Phi) is 120. The summed E-state index contributed by atoms with van der Waals surface area (Å²) >= 11 is 0. The van der Waals surface area contributed by atoms with Crippen LogP contribution >= 0.6 is 0 Å². The molecule has 4 heavy (non-hydrogen) atoms. The van der Waals surface area contributed by atoms with E-state index in [4.69, 9.17) is 0 Å². The molecule has 0 atom stereocenters. The maximum absolute atomic E-state index is 0. The third kappa shape index (κ3) is 8.86. The topological polar surface area (TPSA) is 0 Å². The zero-order valence-corrected chi connectivity index (χ0v) is 1.24. The molecule has 0 aromatic heterocycles. The predicted octanol–water partition coefficient (Wildman–Crippen LogP) is -3.55. The Morgan fingerprint density at radius 2 is 0.750 bits per heavy atom. The van der Waals surface area contributed by atoms with Gasteiger partial charge in [-0.3, -0.25) is 0 Å². The Balaban J connectivity index is 0. The third-order valence-electron chi connectivity index (χ3n) is 0. The van der Waals surface area contributed by atoms with E-state index in [0.29, 0.717) is 0 Å². The van der Waals surface area contributed by atoms with E-state index in [0.717, 1.165) is 0 Å². The van der Waals surface area contributed by atoms with Crippen LogP contribution in [0.4, 0.5) is 0 Å². The van der Waals surface area contributed by atoms with E-state index in [1.54, 1.807) is 0 Å². The predicted molar refractivity (Wildman–Crippen MR) is 29.8 cm³/mol. The first-order valence-electron chi connectivity index (χ1n) is 0. The molecule has 0 aliphatic rings. The van der Waals surface area contributed by atoms with Crippen LogP contribution in [0.5, 0.6) is 0 Å². The van der Waals surface area contributed by atoms with Crippen molar-refractivity contribution in [1.29, 1.82) is 0 Å². The van der Waals surface area contributed by atoms with E-state index in [9.17, 15) is 0 Å². The summed E-state index contributed by atoms with van der Waals surface area (Å²) in [6.07, 6.45) is 0. The molecule has 0 bridgehead atoms. The zero-order valence-electron chi connectivity index (χ0n) is 0.302. The molecule has 29 valence electrons. The molecule has 0 heterocycles. The van der Waals surface area contributed by atoms with Gasteiger partial charge < -0.3 is 0 Å². The van der Waals surface area contributed by atoms with Crippen molar-refractivity contribution in [3.05, 3.63) is 0 Å². The van der Waals surface area contributed by atoms with Crippen molar-refractivity contribution in [2.24, 2.45) is 0 Å². The molecule has 0 aromatic rings. The molecule has 0 nitrogen and oxygen atoms in total. The van der Waals surface area contributed by atoms with Crippen molar-refractivity contribution in [2.45, 2.75) is 0 Å². The van der Waals surface area contributed by atoms with Crippen LogP contribution in [-0.4, -0.2) is 71.5 Å². The van der Waals surface area contributed by atoms with Gasteiger partial charge in [-0.25, -0.2) is 0 Å². The number of hydrogen-bond donors (Lipinski definition) is 0. The van der Waals surface area contributed by atoms with Crippen LogP contribution in [0.25, 0.3) is 0 Å². The van der Waals surface area contributed by atoms with Gasteiger partial charge in [-0.2, -0.15) is 0 Å². The van der Waals surface area contributed by atoms with Gasteiger partial charge in [-0.15, -0.1) is 0 Å². The van der Waals surface area contributed by atoms with Crippen LogP contribution in [-0.2, 0) is 17.1 Å². The van der Waals surface area contributed by atoms with Crippen LogP contribution in [0.15, 0.2) is 0 Å². The van der Waals surface area contributed by atoms with Crippen LogP contribution in [0.3, 0.4) is 0 Å². The molecule has 0 aromatic carbocycles. The SMILES string of the molecule is [Cu].[GaH3].[InH3].[InH3]. The van der Waals surface area contributed by atoms with E-state index >= 15 is 0 Å². The van der Waals surface area contributed by atoms with Crippen LogP contribution < -0.4 is 0 Å². The second-order valence-electron chi connectivity index (χ2n) is 0. The van der Waals surface area contributed by atoms with Gasteiger partial charge >= 0.3 is 71.5 Å². The summed E-state index contributed by atoms with van der Waals surface area (Å²) in [6.45, 7) is 0. The standard InChI is InChI=1S/Cu.Ga.2In.9H.